The van der Waals surface area contributed by atoms with Crippen molar-refractivity contribution in [1.82, 2.24) is 9.21 Å². The summed E-state index contributed by atoms with van der Waals surface area (Å²) in [5.74, 6) is 1.17. The summed E-state index contributed by atoms with van der Waals surface area (Å²) in [6, 6.07) is 6.73. The van der Waals surface area contributed by atoms with Crippen molar-refractivity contribution in [3.05, 3.63) is 24.3 Å². The molecule has 1 aromatic rings. The van der Waals surface area contributed by atoms with E-state index in [0.717, 1.165) is 32.5 Å². The van der Waals surface area contributed by atoms with E-state index in [-0.39, 0.29) is 5.41 Å². The minimum atomic E-state index is -3.45. The average molecular weight is 383 g/mol. The third-order valence-electron chi connectivity index (χ3n) is 5.84. The van der Waals surface area contributed by atoms with Crippen LogP contribution in [0.25, 0.3) is 0 Å². The highest BCUT2D eigenvalue weighted by atomic mass is 32.2. The Hall–Kier alpha value is -1.15. The number of hydrogen-bond donors (Lipinski definition) is 0. The van der Waals surface area contributed by atoms with Gasteiger partial charge in [0.1, 0.15) is 5.75 Å². The molecule has 0 saturated carbocycles. The zero-order chi connectivity index (χ0) is 18.8. The molecular formula is C19H30N2O4S. The molecule has 2 heterocycles. The Morgan fingerprint density at radius 2 is 1.85 bits per heavy atom. The summed E-state index contributed by atoms with van der Waals surface area (Å²) in [5, 5.41) is 0. The minimum Gasteiger partial charge on any atom is -0.494 e. The van der Waals surface area contributed by atoms with Crippen LogP contribution in [0.5, 0.6) is 5.75 Å². The lowest BCUT2D eigenvalue weighted by Gasteiger charge is -2.42. The molecule has 2 aliphatic rings. The monoisotopic (exact) mass is 382 g/mol. The lowest BCUT2D eigenvalue weighted by atomic mass is 9.71. The van der Waals surface area contributed by atoms with Gasteiger partial charge in [0, 0.05) is 39.2 Å². The summed E-state index contributed by atoms with van der Waals surface area (Å²) in [6.07, 6.45) is 1.78. The summed E-state index contributed by atoms with van der Waals surface area (Å²) >= 11 is 0. The SMILES string of the molecule is CCOc1ccc(S(=O)(=O)N2CCC3(CC2)CN(C)CC3COC)cc1. The summed E-state index contributed by atoms with van der Waals surface area (Å²) < 4.78 is 38.4. The van der Waals surface area contributed by atoms with Crippen molar-refractivity contribution in [2.75, 3.05) is 53.6 Å². The second-order valence-electron chi connectivity index (χ2n) is 7.52. The second-order valence-corrected chi connectivity index (χ2v) is 9.46. The van der Waals surface area contributed by atoms with Gasteiger partial charge in [0.15, 0.2) is 0 Å². The number of rotatable bonds is 6. The molecule has 7 heteroatoms. The molecule has 1 atom stereocenters. The third-order valence-corrected chi connectivity index (χ3v) is 7.75. The molecule has 0 N–H and O–H groups in total. The molecular weight excluding hydrogens is 352 g/mol. The molecule has 0 aliphatic carbocycles. The first-order chi connectivity index (χ1) is 12.4. The Kier molecular flexibility index (Phi) is 5.91. The molecule has 1 unspecified atom stereocenters. The van der Waals surface area contributed by atoms with Crippen LogP contribution in [0.15, 0.2) is 29.2 Å². The highest BCUT2D eigenvalue weighted by Crippen LogP contribution is 2.45. The topological polar surface area (TPSA) is 59.1 Å². The Morgan fingerprint density at radius 1 is 1.19 bits per heavy atom. The van der Waals surface area contributed by atoms with E-state index in [1.54, 1.807) is 35.7 Å². The minimum absolute atomic E-state index is 0.176. The van der Waals surface area contributed by atoms with Gasteiger partial charge in [-0.15, -0.1) is 0 Å². The molecule has 2 saturated heterocycles. The second kappa shape index (κ2) is 7.84. The van der Waals surface area contributed by atoms with Crippen molar-refractivity contribution in [1.29, 1.82) is 0 Å². The first-order valence-corrected chi connectivity index (χ1v) is 10.8. The van der Waals surface area contributed by atoms with Crippen LogP contribution in [0.3, 0.4) is 0 Å². The largest absolute Gasteiger partial charge is 0.494 e. The number of piperidine rings is 1. The molecule has 0 aromatic heterocycles. The van der Waals surface area contributed by atoms with E-state index in [4.69, 9.17) is 9.47 Å². The van der Waals surface area contributed by atoms with Crippen molar-refractivity contribution < 1.29 is 17.9 Å². The fourth-order valence-corrected chi connectivity index (χ4v) is 5.94. The molecule has 0 amide bonds. The highest BCUT2D eigenvalue weighted by molar-refractivity contribution is 7.89. The van der Waals surface area contributed by atoms with Gasteiger partial charge in [-0.1, -0.05) is 0 Å². The van der Waals surface area contributed by atoms with Gasteiger partial charge < -0.3 is 14.4 Å². The van der Waals surface area contributed by atoms with Crippen LogP contribution in [-0.4, -0.2) is 71.2 Å². The molecule has 6 nitrogen and oxygen atoms in total. The van der Waals surface area contributed by atoms with E-state index in [0.29, 0.717) is 36.3 Å². The van der Waals surface area contributed by atoms with E-state index < -0.39 is 10.0 Å². The van der Waals surface area contributed by atoms with Crippen LogP contribution < -0.4 is 4.74 Å². The maximum absolute atomic E-state index is 13.0. The van der Waals surface area contributed by atoms with Crippen LogP contribution in [0.2, 0.25) is 0 Å². The van der Waals surface area contributed by atoms with E-state index in [1.165, 1.54) is 0 Å². The summed E-state index contributed by atoms with van der Waals surface area (Å²) in [6.45, 7) is 6.42. The Labute approximate surface area is 157 Å². The standard InChI is InChI=1S/C19H30N2O4S/c1-4-25-17-5-7-18(8-6-17)26(22,23)21-11-9-19(10-12-21)15-20(2)13-16(19)14-24-3/h5-8,16H,4,9-15H2,1-3H3. The van der Waals surface area contributed by atoms with Gasteiger partial charge >= 0.3 is 0 Å². The molecule has 2 aliphatic heterocycles. The number of nitrogens with zero attached hydrogens (tertiary/aromatic N) is 2. The number of ether oxygens (including phenoxy) is 2. The fourth-order valence-electron chi connectivity index (χ4n) is 4.49. The first-order valence-electron chi connectivity index (χ1n) is 9.32. The molecule has 0 radical (unpaired) electrons. The Morgan fingerprint density at radius 3 is 2.42 bits per heavy atom. The van der Waals surface area contributed by atoms with Gasteiger partial charge in [-0.2, -0.15) is 4.31 Å². The van der Waals surface area contributed by atoms with Gasteiger partial charge in [-0.3, -0.25) is 0 Å². The van der Waals surface area contributed by atoms with Crippen LogP contribution in [0, 0.1) is 11.3 Å². The number of likely N-dealkylation sites (tertiary alicyclic amines) is 1. The van der Waals surface area contributed by atoms with Crippen molar-refractivity contribution in [3.8, 4) is 5.75 Å². The van der Waals surface area contributed by atoms with E-state index in [1.807, 2.05) is 6.92 Å². The lowest BCUT2D eigenvalue weighted by Crippen LogP contribution is -2.47. The molecule has 0 bridgehead atoms. The first kappa shape index (κ1) is 19.6. The van der Waals surface area contributed by atoms with Crippen LogP contribution in [0.1, 0.15) is 19.8 Å². The summed E-state index contributed by atoms with van der Waals surface area (Å²) in [5.41, 5.74) is 0.176. The highest BCUT2D eigenvalue weighted by Gasteiger charge is 2.48. The molecule has 2 fully saturated rings. The third kappa shape index (κ3) is 3.76. The summed E-state index contributed by atoms with van der Waals surface area (Å²) in [7, 11) is 0.437. The van der Waals surface area contributed by atoms with Gasteiger partial charge in [-0.25, -0.2) is 8.42 Å². The van der Waals surface area contributed by atoms with Crippen molar-refractivity contribution in [3.63, 3.8) is 0 Å². The predicted octanol–water partition coefficient (Wildman–Crippen LogP) is 2.06. The molecule has 1 spiro atoms. The zero-order valence-electron chi connectivity index (χ0n) is 16.0. The van der Waals surface area contributed by atoms with Crippen molar-refractivity contribution >= 4 is 10.0 Å². The Bertz CT molecular complexity index is 697. The number of benzene rings is 1. The molecule has 26 heavy (non-hydrogen) atoms. The van der Waals surface area contributed by atoms with Gasteiger partial charge in [-0.05, 0) is 56.5 Å². The molecule has 3 rings (SSSR count). The van der Waals surface area contributed by atoms with E-state index in [9.17, 15) is 8.42 Å². The van der Waals surface area contributed by atoms with Crippen molar-refractivity contribution in [2.24, 2.45) is 11.3 Å². The maximum atomic E-state index is 13.0. The number of hydrogen-bond acceptors (Lipinski definition) is 5. The Balaban J connectivity index is 1.70. The van der Waals surface area contributed by atoms with Crippen molar-refractivity contribution in [2.45, 2.75) is 24.7 Å². The quantitative estimate of drug-likeness (QED) is 0.754. The van der Waals surface area contributed by atoms with Gasteiger partial charge in [0.25, 0.3) is 0 Å². The van der Waals surface area contributed by atoms with Crippen LogP contribution >= 0.6 is 0 Å². The zero-order valence-corrected chi connectivity index (χ0v) is 16.8. The van der Waals surface area contributed by atoms with E-state index in [2.05, 4.69) is 11.9 Å². The molecule has 146 valence electrons. The van der Waals surface area contributed by atoms with Crippen LogP contribution in [-0.2, 0) is 14.8 Å². The number of methoxy groups -OCH3 is 1. The number of sulfonamides is 1. The van der Waals surface area contributed by atoms with E-state index >= 15 is 0 Å². The predicted molar refractivity (Wildman–Crippen MR) is 101 cm³/mol. The maximum Gasteiger partial charge on any atom is 0.243 e. The lowest BCUT2D eigenvalue weighted by molar-refractivity contribution is 0.0569. The van der Waals surface area contributed by atoms with Gasteiger partial charge in [0.05, 0.1) is 18.1 Å². The fraction of sp³-hybridized carbons (Fsp3) is 0.684. The summed E-state index contributed by atoms with van der Waals surface area (Å²) in [4.78, 5) is 2.69. The van der Waals surface area contributed by atoms with Gasteiger partial charge in [0.2, 0.25) is 10.0 Å². The molecule has 1 aromatic carbocycles. The normalized spacial score (nSPS) is 24.2. The average Bonchev–Trinajstić information content (AvgIpc) is 2.91. The van der Waals surface area contributed by atoms with Crippen LogP contribution in [0.4, 0.5) is 0 Å². The smallest absolute Gasteiger partial charge is 0.243 e.